The van der Waals surface area contributed by atoms with Gasteiger partial charge < -0.3 is 24.3 Å². The molecule has 1 N–H and O–H groups in total. The highest BCUT2D eigenvalue weighted by atomic mass is 16.6. The molecule has 1 saturated heterocycles. The Kier molecular flexibility index (Phi) is 5.86. The van der Waals surface area contributed by atoms with Gasteiger partial charge >= 0.3 is 6.09 Å². The standard InChI is InChI=1S/C33H38N4O3/c1-32(2,3)40-31(38)37-19-33(20-37)16-24(17-33)35-23-14-26(15-23)39-25-8-5-21(6-9-25)22-7-10-27-28-18-34-12-11-29(28)36(4)30(27)13-22/h5-13,18,23-24,26,35H,14-17,19-20H2,1-4H3/t23-,26-. The highest BCUT2D eigenvalue weighted by Crippen LogP contribution is 2.49. The van der Waals surface area contributed by atoms with Gasteiger partial charge in [-0.05, 0) is 81.8 Å². The summed E-state index contributed by atoms with van der Waals surface area (Å²) in [4.78, 5) is 18.4. The van der Waals surface area contributed by atoms with Gasteiger partial charge in [-0.25, -0.2) is 4.79 Å². The molecule has 2 saturated carbocycles. The fourth-order valence-electron chi connectivity index (χ4n) is 6.86. The lowest BCUT2D eigenvalue weighted by molar-refractivity contribution is -0.0877. The van der Waals surface area contributed by atoms with Gasteiger partial charge in [-0.3, -0.25) is 4.98 Å². The second-order valence-corrected chi connectivity index (χ2v) is 13.2. The molecule has 1 aliphatic heterocycles. The van der Waals surface area contributed by atoms with Crippen molar-refractivity contribution in [3.8, 4) is 16.9 Å². The summed E-state index contributed by atoms with van der Waals surface area (Å²) >= 11 is 0. The van der Waals surface area contributed by atoms with Crippen molar-refractivity contribution in [2.45, 2.75) is 70.2 Å². The molecule has 2 aromatic heterocycles. The number of amides is 1. The van der Waals surface area contributed by atoms with Crippen LogP contribution >= 0.6 is 0 Å². The number of aromatic nitrogens is 2. The predicted molar refractivity (Wildman–Crippen MR) is 157 cm³/mol. The Bertz CT molecular complexity index is 1570. The van der Waals surface area contributed by atoms with Gasteiger partial charge in [0.1, 0.15) is 17.5 Å². The number of nitrogens with one attached hydrogen (secondary N) is 1. The second-order valence-electron chi connectivity index (χ2n) is 13.2. The van der Waals surface area contributed by atoms with Gasteiger partial charge in [0.2, 0.25) is 0 Å². The molecule has 3 heterocycles. The lowest BCUT2D eigenvalue weighted by Crippen LogP contribution is -2.68. The van der Waals surface area contributed by atoms with Crippen molar-refractivity contribution in [1.29, 1.82) is 0 Å². The van der Waals surface area contributed by atoms with Crippen molar-refractivity contribution in [3.05, 3.63) is 60.9 Å². The second kappa shape index (κ2) is 9.23. The first-order valence-corrected chi connectivity index (χ1v) is 14.5. The third-order valence-electron chi connectivity index (χ3n) is 8.93. The van der Waals surface area contributed by atoms with Crippen LogP contribution in [0.15, 0.2) is 60.9 Å². The Morgan fingerprint density at radius 3 is 2.40 bits per heavy atom. The van der Waals surface area contributed by atoms with E-state index in [9.17, 15) is 4.79 Å². The van der Waals surface area contributed by atoms with E-state index in [1.165, 1.54) is 32.9 Å². The molecule has 3 fully saturated rings. The van der Waals surface area contributed by atoms with Crippen LogP contribution in [0.25, 0.3) is 32.9 Å². The first-order chi connectivity index (χ1) is 19.1. The lowest BCUT2D eigenvalue weighted by Gasteiger charge is -2.59. The summed E-state index contributed by atoms with van der Waals surface area (Å²) in [5, 5.41) is 6.23. The molecule has 1 amide bonds. The van der Waals surface area contributed by atoms with Crippen molar-refractivity contribution >= 4 is 27.9 Å². The molecule has 7 rings (SSSR count). The SMILES string of the molecule is Cn1c2ccncc2c2ccc(-c3ccc(O[C@H]4C[C@H](NC5CC6(C5)CN(C(=O)OC(C)(C)C)C6)C4)cc3)cc21. The van der Waals surface area contributed by atoms with Gasteiger partial charge in [-0.1, -0.05) is 24.3 Å². The smallest absolute Gasteiger partial charge is 0.410 e. The molecule has 2 aromatic carbocycles. The first-order valence-electron chi connectivity index (χ1n) is 14.5. The molecule has 1 spiro atoms. The number of hydrogen-bond donors (Lipinski definition) is 1. The Hall–Kier alpha value is -3.58. The number of aryl methyl sites for hydroxylation is 1. The van der Waals surface area contributed by atoms with E-state index in [0.717, 1.165) is 44.5 Å². The maximum atomic E-state index is 12.2. The van der Waals surface area contributed by atoms with E-state index in [-0.39, 0.29) is 12.2 Å². The molecule has 7 nitrogen and oxygen atoms in total. The van der Waals surface area contributed by atoms with Crippen LogP contribution in [-0.2, 0) is 11.8 Å². The predicted octanol–water partition coefficient (Wildman–Crippen LogP) is 6.29. The molecule has 0 radical (unpaired) electrons. The number of rotatable bonds is 5. The monoisotopic (exact) mass is 538 g/mol. The number of likely N-dealkylation sites (tertiary alicyclic amines) is 1. The Balaban J connectivity index is 0.880. The molecule has 4 aromatic rings. The molecule has 3 aliphatic rings. The maximum Gasteiger partial charge on any atom is 0.410 e. The van der Waals surface area contributed by atoms with Gasteiger partial charge in [-0.2, -0.15) is 0 Å². The average molecular weight is 539 g/mol. The van der Waals surface area contributed by atoms with Crippen LogP contribution in [0.1, 0.15) is 46.5 Å². The normalized spacial score (nSPS) is 22.1. The van der Waals surface area contributed by atoms with Crippen molar-refractivity contribution in [1.82, 2.24) is 19.8 Å². The number of fused-ring (bicyclic) bond motifs is 3. The summed E-state index contributed by atoms with van der Waals surface area (Å²) in [6.45, 7) is 7.42. The molecule has 7 heteroatoms. The summed E-state index contributed by atoms with van der Waals surface area (Å²) in [6.07, 6.45) is 8.27. The molecule has 0 bridgehead atoms. The minimum atomic E-state index is -0.431. The lowest BCUT2D eigenvalue weighted by atomic mass is 9.60. The van der Waals surface area contributed by atoms with Crippen molar-refractivity contribution in [2.75, 3.05) is 13.1 Å². The zero-order valence-electron chi connectivity index (χ0n) is 23.8. The van der Waals surface area contributed by atoms with E-state index in [1.807, 2.05) is 38.1 Å². The van der Waals surface area contributed by atoms with Gasteiger partial charge in [0.25, 0.3) is 0 Å². The van der Waals surface area contributed by atoms with Crippen molar-refractivity contribution < 1.29 is 14.3 Å². The first kappa shape index (κ1) is 25.4. The van der Waals surface area contributed by atoms with Crippen LogP contribution in [0.3, 0.4) is 0 Å². The fourth-order valence-corrected chi connectivity index (χ4v) is 6.86. The molecule has 208 valence electrons. The van der Waals surface area contributed by atoms with Crippen LogP contribution in [0, 0.1) is 5.41 Å². The number of pyridine rings is 1. The van der Waals surface area contributed by atoms with Crippen LogP contribution in [0.5, 0.6) is 5.75 Å². The van der Waals surface area contributed by atoms with Crippen LogP contribution in [0.2, 0.25) is 0 Å². The Morgan fingerprint density at radius 1 is 0.950 bits per heavy atom. The Labute approximate surface area is 235 Å². The zero-order chi connectivity index (χ0) is 27.6. The topological polar surface area (TPSA) is 68.6 Å². The van der Waals surface area contributed by atoms with Crippen LogP contribution in [0.4, 0.5) is 4.79 Å². The number of nitrogens with zero attached hydrogens (tertiary/aromatic N) is 3. The highest BCUT2D eigenvalue weighted by Gasteiger charge is 2.55. The highest BCUT2D eigenvalue weighted by molar-refractivity contribution is 6.08. The van der Waals surface area contributed by atoms with E-state index >= 15 is 0 Å². The molecule has 2 aliphatic carbocycles. The van der Waals surface area contributed by atoms with E-state index in [4.69, 9.17) is 9.47 Å². The molecule has 0 unspecified atom stereocenters. The van der Waals surface area contributed by atoms with Crippen molar-refractivity contribution in [2.24, 2.45) is 12.5 Å². The van der Waals surface area contributed by atoms with Crippen molar-refractivity contribution in [3.63, 3.8) is 0 Å². The number of carbonyl (C=O) groups excluding carboxylic acids is 1. The fraction of sp³-hybridized carbons (Fsp3) is 0.455. The third kappa shape index (κ3) is 4.60. The Morgan fingerprint density at radius 2 is 1.68 bits per heavy atom. The van der Waals surface area contributed by atoms with E-state index < -0.39 is 5.60 Å². The molecule has 0 atom stereocenters. The van der Waals surface area contributed by atoms with E-state index in [0.29, 0.717) is 17.5 Å². The van der Waals surface area contributed by atoms with Gasteiger partial charge in [0.05, 0.1) is 5.52 Å². The number of ether oxygens (including phenoxy) is 2. The quantitative estimate of drug-likeness (QED) is 0.323. The summed E-state index contributed by atoms with van der Waals surface area (Å²) in [7, 11) is 2.11. The largest absolute Gasteiger partial charge is 0.490 e. The van der Waals surface area contributed by atoms with Crippen LogP contribution in [-0.4, -0.2) is 57.4 Å². The minimum Gasteiger partial charge on any atom is -0.490 e. The number of benzene rings is 2. The van der Waals surface area contributed by atoms with Gasteiger partial charge in [0, 0.05) is 66.3 Å². The van der Waals surface area contributed by atoms with Gasteiger partial charge in [0.15, 0.2) is 0 Å². The minimum absolute atomic E-state index is 0.176. The van der Waals surface area contributed by atoms with Gasteiger partial charge in [-0.15, -0.1) is 0 Å². The summed E-state index contributed by atoms with van der Waals surface area (Å²) in [5.41, 5.74) is 4.67. The van der Waals surface area contributed by atoms with E-state index in [1.54, 1.807) is 0 Å². The summed E-state index contributed by atoms with van der Waals surface area (Å²) in [5.74, 6) is 0.934. The summed E-state index contributed by atoms with van der Waals surface area (Å²) in [6, 6.07) is 18.3. The number of carbonyl (C=O) groups is 1. The molecule has 40 heavy (non-hydrogen) atoms. The number of hydrogen-bond acceptors (Lipinski definition) is 5. The average Bonchev–Trinajstić information content (AvgIpc) is 3.13. The maximum absolute atomic E-state index is 12.2. The van der Waals surface area contributed by atoms with Crippen LogP contribution < -0.4 is 10.1 Å². The van der Waals surface area contributed by atoms with E-state index in [2.05, 4.69) is 70.4 Å². The summed E-state index contributed by atoms with van der Waals surface area (Å²) < 4.78 is 14.0. The zero-order valence-corrected chi connectivity index (χ0v) is 23.8. The molecular weight excluding hydrogens is 500 g/mol. The third-order valence-corrected chi connectivity index (χ3v) is 8.93. The molecular formula is C33H38N4O3.